The van der Waals surface area contributed by atoms with Crippen LogP contribution in [0.5, 0.6) is 0 Å². The summed E-state index contributed by atoms with van der Waals surface area (Å²) in [6.07, 6.45) is 3.89. The van der Waals surface area contributed by atoms with Gasteiger partial charge in [-0.3, -0.25) is 0 Å². The molecule has 2 aromatic rings. The van der Waals surface area contributed by atoms with Gasteiger partial charge in [-0.15, -0.1) is 11.6 Å². The summed E-state index contributed by atoms with van der Waals surface area (Å²) in [6.45, 7) is 5.66. The van der Waals surface area contributed by atoms with Crippen molar-refractivity contribution in [1.82, 2.24) is 14.5 Å². The third kappa shape index (κ3) is 3.07. The van der Waals surface area contributed by atoms with Gasteiger partial charge in [0.15, 0.2) is 5.65 Å². The van der Waals surface area contributed by atoms with E-state index in [1.165, 1.54) is 0 Å². The third-order valence-corrected chi connectivity index (χ3v) is 3.40. The zero-order chi connectivity index (χ0) is 13.8. The number of pyridine rings is 1. The van der Waals surface area contributed by atoms with Crippen LogP contribution in [-0.2, 0) is 11.3 Å². The SMILES string of the molecule is COCCCCn1c(C(C)Cl)nc2c(C)ccnc21. The number of unbranched alkanes of at least 4 members (excludes halogenated alkanes) is 1. The van der Waals surface area contributed by atoms with E-state index in [1.807, 2.05) is 19.2 Å². The summed E-state index contributed by atoms with van der Waals surface area (Å²) in [4.78, 5) is 9.10. The normalized spacial score (nSPS) is 13.1. The molecule has 0 N–H and O–H groups in total. The highest BCUT2D eigenvalue weighted by Gasteiger charge is 2.16. The van der Waals surface area contributed by atoms with Crippen molar-refractivity contribution < 1.29 is 4.74 Å². The second-order valence-corrected chi connectivity index (χ2v) is 5.39. The molecule has 1 atom stereocenters. The Morgan fingerprint density at radius 3 is 2.89 bits per heavy atom. The summed E-state index contributed by atoms with van der Waals surface area (Å²) < 4.78 is 7.21. The van der Waals surface area contributed by atoms with Crippen LogP contribution in [0.15, 0.2) is 12.3 Å². The van der Waals surface area contributed by atoms with Crippen LogP contribution in [0.4, 0.5) is 0 Å². The lowest BCUT2D eigenvalue weighted by atomic mass is 10.2. The van der Waals surface area contributed by atoms with E-state index in [0.29, 0.717) is 0 Å². The van der Waals surface area contributed by atoms with E-state index >= 15 is 0 Å². The zero-order valence-corrected chi connectivity index (χ0v) is 12.4. The van der Waals surface area contributed by atoms with Gasteiger partial charge >= 0.3 is 0 Å². The number of hydrogen-bond acceptors (Lipinski definition) is 3. The zero-order valence-electron chi connectivity index (χ0n) is 11.7. The molecule has 0 aliphatic heterocycles. The first-order valence-electron chi connectivity index (χ1n) is 6.60. The van der Waals surface area contributed by atoms with E-state index in [4.69, 9.17) is 16.3 Å². The Morgan fingerprint density at radius 1 is 1.42 bits per heavy atom. The molecular weight excluding hydrogens is 262 g/mol. The summed E-state index contributed by atoms with van der Waals surface area (Å²) in [5.41, 5.74) is 3.02. The van der Waals surface area contributed by atoms with Gasteiger partial charge in [0.2, 0.25) is 0 Å². The number of nitrogens with zero attached hydrogens (tertiary/aromatic N) is 3. The van der Waals surface area contributed by atoms with E-state index < -0.39 is 0 Å². The number of halogens is 1. The van der Waals surface area contributed by atoms with Gasteiger partial charge in [0.05, 0.1) is 5.38 Å². The topological polar surface area (TPSA) is 39.9 Å². The number of alkyl halides is 1. The number of aryl methyl sites for hydroxylation is 2. The van der Waals surface area contributed by atoms with Gasteiger partial charge in [-0.2, -0.15) is 0 Å². The first-order valence-corrected chi connectivity index (χ1v) is 7.03. The molecule has 0 bridgehead atoms. The molecule has 0 saturated heterocycles. The first kappa shape index (κ1) is 14.3. The number of fused-ring (bicyclic) bond motifs is 1. The van der Waals surface area contributed by atoms with Gasteiger partial charge in [0.1, 0.15) is 11.3 Å². The molecule has 2 rings (SSSR count). The Hall–Kier alpha value is -1.13. The Kier molecular flexibility index (Phi) is 4.77. The van der Waals surface area contributed by atoms with Crippen LogP contribution >= 0.6 is 11.6 Å². The predicted octanol–water partition coefficient (Wildman–Crippen LogP) is 3.47. The average Bonchev–Trinajstić information content (AvgIpc) is 2.75. The molecule has 2 heterocycles. The molecular formula is C14H20ClN3O. The van der Waals surface area contributed by atoms with Gasteiger partial charge in [0, 0.05) is 26.5 Å². The maximum atomic E-state index is 6.24. The number of aromatic nitrogens is 3. The van der Waals surface area contributed by atoms with Gasteiger partial charge < -0.3 is 9.30 Å². The van der Waals surface area contributed by atoms with Crippen LogP contribution < -0.4 is 0 Å². The van der Waals surface area contributed by atoms with Crippen LogP contribution in [0.25, 0.3) is 11.2 Å². The van der Waals surface area contributed by atoms with Gasteiger partial charge in [-0.25, -0.2) is 9.97 Å². The molecule has 0 fully saturated rings. The number of imidazole rings is 1. The molecule has 4 nitrogen and oxygen atoms in total. The number of rotatable bonds is 6. The highest BCUT2D eigenvalue weighted by Crippen LogP contribution is 2.25. The number of methoxy groups -OCH3 is 1. The molecule has 104 valence electrons. The second kappa shape index (κ2) is 6.35. The fraction of sp³-hybridized carbons (Fsp3) is 0.571. The lowest BCUT2D eigenvalue weighted by Crippen LogP contribution is -2.06. The maximum Gasteiger partial charge on any atom is 0.160 e. The quantitative estimate of drug-likeness (QED) is 0.601. The van der Waals surface area contributed by atoms with Crippen LogP contribution in [0.1, 0.15) is 36.5 Å². The Bertz CT molecular complexity index is 551. The van der Waals surface area contributed by atoms with Crippen molar-refractivity contribution in [3.63, 3.8) is 0 Å². The summed E-state index contributed by atoms with van der Waals surface area (Å²) in [7, 11) is 1.73. The monoisotopic (exact) mass is 281 g/mol. The highest BCUT2D eigenvalue weighted by atomic mass is 35.5. The van der Waals surface area contributed by atoms with Crippen LogP contribution in [-0.4, -0.2) is 28.3 Å². The minimum Gasteiger partial charge on any atom is -0.385 e. The van der Waals surface area contributed by atoms with Crippen molar-refractivity contribution in [2.45, 2.75) is 38.6 Å². The Balaban J connectivity index is 2.33. The molecule has 0 amide bonds. The largest absolute Gasteiger partial charge is 0.385 e. The Labute approximate surface area is 118 Å². The predicted molar refractivity (Wildman–Crippen MR) is 77.6 cm³/mol. The summed E-state index contributed by atoms with van der Waals surface area (Å²) in [5, 5.41) is -0.115. The summed E-state index contributed by atoms with van der Waals surface area (Å²) in [5.74, 6) is 0.899. The third-order valence-electron chi connectivity index (χ3n) is 3.20. The number of ether oxygens (including phenoxy) is 1. The summed E-state index contributed by atoms with van der Waals surface area (Å²) >= 11 is 6.24. The van der Waals surface area contributed by atoms with E-state index in [1.54, 1.807) is 7.11 Å². The molecule has 1 unspecified atom stereocenters. The molecule has 0 aromatic carbocycles. The second-order valence-electron chi connectivity index (χ2n) is 4.74. The van der Waals surface area contributed by atoms with Crippen molar-refractivity contribution in [2.24, 2.45) is 0 Å². The minimum atomic E-state index is -0.115. The van der Waals surface area contributed by atoms with Crippen molar-refractivity contribution in [3.05, 3.63) is 23.7 Å². The van der Waals surface area contributed by atoms with Crippen LogP contribution in [0.2, 0.25) is 0 Å². The highest BCUT2D eigenvalue weighted by molar-refractivity contribution is 6.20. The minimum absolute atomic E-state index is 0.115. The smallest absolute Gasteiger partial charge is 0.160 e. The molecule has 0 spiro atoms. The van der Waals surface area contributed by atoms with E-state index in [-0.39, 0.29) is 5.38 Å². The van der Waals surface area contributed by atoms with Crippen LogP contribution in [0, 0.1) is 6.92 Å². The standard InChI is InChI=1S/C14H20ClN3O/c1-10-6-7-16-14-12(10)17-13(11(2)15)18(14)8-4-5-9-19-3/h6-7,11H,4-5,8-9H2,1-3H3. The van der Waals surface area contributed by atoms with Gasteiger partial charge in [0.25, 0.3) is 0 Å². The fourth-order valence-corrected chi connectivity index (χ4v) is 2.36. The van der Waals surface area contributed by atoms with Crippen LogP contribution in [0.3, 0.4) is 0 Å². The molecule has 0 saturated carbocycles. The lowest BCUT2D eigenvalue weighted by molar-refractivity contribution is 0.191. The molecule has 5 heteroatoms. The van der Waals surface area contributed by atoms with E-state index in [9.17, 15) is 0 Å². The molecule has 0 aliphatic rings. The summed E-state index contributed by atoms with van der Waals surface area (Å²) in [6, 6.07) is 1.98. The first-order chi connectivity index (χ1) is 9.15. The molecule has 0 radical (unpaired) electrons. The van der Waals surface area contributed by atoms with Crippen molar-refractivity contribution in [1.29, 1.82) is 0 Å². The van der Waals surface area contributed by atoms with Gasteiger partial charge in [-0.05, 0) is 38.3 Å². The molecule has 0 aliphatic carbocycles. The molecule has 2 aromatic heterocycles. The van der Waals surface area contributed by atoms with E-state index in [2.05, 4.69) is 21.5 Å². The van der Waals surface area contributed by atoms with E-state index in [0.717, 1.165) is 48.5 Å². The number of hydrogen-bond donors (Lipinski definition) is 0. The fourth-order valence-electron chi connectivity index (χ4n) is 2.20. The Morgan fingerprint density at radius 2 is 2.21 bits per heavy atom. The maximum absolute atomic E-state index is 6.24. The lowest BCUT2D eigenvalue weighted by Gasteiger charge is -2.09. The van der Waals surface area contributed by atoms with Crippen molar-refractivity contribution >= 4 is 22.8 Å². The molecule has 19 heavy (non-hydrogen) atoms. The van der Waals surface area contributed by atoms with Crippen molar-refractivity contribution in [2.75, 3.05) is 13.7 Å². The van der Waals surface area contributed by atoms with Crippen molar-refractivity contribution in [3.8, 4) is 0 Å². The average molecular weight is 282 g/mol. The van der Waals surface area contributed by atoms with Gasteiger partial charge in [-0.1, -0.05) is 0 Å².